The largest absolute Gasteiger partial charge is 0.355 e. The van der Waals surface area contributed by atoms with E-state index < -0.39 is 0 Å². The van der Waals surface area contributed by atoms with Crippen LogP contribution in [0.25, 0.3) is 10.8 Å². The molecular weight excluding hydrogens is 334 g/mol. The van der Waals surface area contributed by atoms with Crippen LogP contribution in [0.3, 0.4) is 0 Å². The van der Waals surface area contributed by atoms with E-state index in [2.05, 4.69) is 44.2 Å². The van der Waals surface area contributed by atoms with E-state index in [4.69, 9.17) is 11.6 Å². The molecule has 5 nitrogen and oxygen atoms in total. The van der Waals surface area contributed by atoms with Gasteiger partial charge in [0.1, 0.15) is 11.0 Å². The number of fused-ring (bicyclic) bond motifs is 1. The second-order valence-corrected chi connectivity index (χ2v) is 6.79. The minimum atomic E-state index is 0.362. The van der Waals surface area contributed by atoms with Crippen LogP contribution in [0.4, 0.5) is 11.6 Å². The van der Waals surface area contributed by atoms with Gasteiger partial charge in [0.05, 0.1) is 0 Å². The second-order valence-electron chi connectivity index (χ2n) is 6.43. The van der Waals surface area contributed by atoms with E-state index in [0.717, 1.165) is 48.3 Å². The molecule has 128 valence electrons. The lowest BCUT2D eigenvalue weighted by Crippen LogP contribution is -2.47. The third-order valence-corrected chi connectivity index (χ3v) is 5.16. The van der Waals surface area contributed by atoms with E-state index in [1.807, 2.05) is 30.3 Å². The van der Waals surface area contributed by atoms with Crippen molar-refractivity contribution in [2.24, 2.45) is 0 Å². The van der Waals surface area contributed by atoms with Crippen LogP contribution < -0.4 is 9.80 Å². The lowest BCUT2D eigenvalue weighted by atomic mass is 10.0. The van der Waals surface area contributed by atoms with Gasteiger partial charge in [0.25, 0.3) is 0 Å². The number of anilines is 2. The van der Waals surface area contributed by atoms with E-state index in [1.54, 1.807) is 6.20 Å². The van der Waals surface area contributed by atoms with Crippen molar-refractivity contribution in [3.8, 4) is 0 Å². The molecule has 0 aliphatic carbocycles. The van der Waals surface area contributed by atoms with Gasteiger partial charge in [0.2, 0.25) is 0 Å². The fourth-order valence-electron chi connectivity index (χ4n) is 3.45. The molecular formula is C19H20ClN5. The lowest BCUT2D eigenvalue weighted by Gasteiger charge is -2.38. The smallest absolute Gasteiger partial charge is 0.151 e. The summed E-state index contributed by atoms with van der Waals surface area (Å²) in [5, 5.41) is 10.9. The van der Waals surface area contributed by atoms with Crippen LogP contribution in [0.15, 0.2) is 48.7 Å². The fourth-order valence-corrected chi connectivity index (χ4v) is 3.71. The van der Waals surface area contributed by atoms with Gasteiger partial charge in [-0.3, -0.25) is 0 Å². The molecule has 0 N–H and O–H groups in total. The first-order valence-electron chi connectivity index (χ1n) is 8.53. The summed E-state index contributed by atoms with van der Waals surface area (Å²) in [6, 6.07) is 14.5. The average Bonchev–Trinajstić information content (AvgIpc) is 2.68. The monoisotopic (exact) mass is 353 g/mol. The molecule has 0 bridgehead atoms. The summed E-state index contributed by atoms with van der Waals surface area (Å²) in [5.41, 5.74) is 0. The van der Waals surface area contributed by atoms with Gasteiger partial charge in [-0.25, -0.2) is 4.98 Å². The number of likely N-dealkylation sites (N-methyl/N-ethyl adjacent to an activating group) is 1. The SMILES string of the molecule is CN(c1cc2ccccc2c(Cl)n1)C1CCCN(c2cccnn2)C1. The van der Waals surface area contributed by atoms with Crippen molar-refractivity contribution in [3.63, 3.8) is 0 Å². The molecule has 1 fully saturated rings. The van der Waals surface area contributed by atoms with Crippen molar-refractivity contribution in [3.05, 3.63) is 53.8 Å². The van der Waals surface area contributed by atoms with Crippen molar-refractivity contribution >= 4 is 34.0 Å². The van der Waals surface area contributed by atoms with Crippen LogP contribution in [0, 0.1) is 0 Å². The molecule has 1 atom stereocenters. The van der Waals surface area contributed by atoms with Gasteiger partial charge in [-0.1, -0.05) is 35.9 Å². The maximum absolute atomic E-state index is 6.40. The summed E-state index contributed by atoms with van der Waals surface area (Å²) in [6.07, 6.45) is 3.95. The highest BCUT2D eigenvalue weighted by atomic mass is 35.5. The quantitative estimate of drug-likeness (QED) is 0.670. The molecule has 1 aliphatic heterocycles. The van der Waals surface area contributed by atoms with Crippen molar-refractivity contribution in [2.45, 2.75) is 18.9 Å². The number of benzene rings is 1. The molecule has 0 amide bonds. The Morgan fingerprint density at radius 3 is 2.92 bits per heavy atom. The number of halogens is 1. The van der Waals surface area contributed by atoms with Crippen LogP contribution in [0.5, 0.6) is 0 Å². The Bertz CT molecular complexity index is 870. The molecule has 2 aromatic heterocycles. The summed E-state index contributed by atoms with van der Waals surface area (Å²) in [6.45, 7) is 1.91. The number of pyridine rings is 1. The predicted octanol–water partition coefficient (Wildman–Crippen LogP) is 3.78. The highest BCUT2D eigenvalue weighted by molar-refractivity contribution is 6.34. The van der Waals surface area contributed by atoms with Crippen LogP contribution in [-0.4, -0.2) is 41.4 Å². The summed E-state index contributed by atoms with van der Waals surface area (Å²) < 4.78 is 0. The Morgan fingerprint density at radius 1 is 1.20 bits per heavy atom. The van der Waals surface area contributed by atoms with Gasteiger partial charge in [0, 0.05) is 37.8 Å². The average molecular weight is 354 g/mol. The van der Waals surface area contributed by atoms with Crippen molar-refractivity contribution < 1.29 is 0 Å². The molecule has 0 saturated carbocycles. The highest BCUT2D eigenvalue weighted by Crippen LogP contribution is 2.28. The summed E-state index contributed by atoms with van der Waals surface area (Å²) in [4.78, 5) is 9.15. The number of piperidine rings is 1. The fraction of sp³-hybridized carbons (Fsp3) is 0.316. The zero-order chi connectivity index (χ0) is 17.2. The minimum absolute atomic E-state index is 0.362. The van der Waals surface area contributed by atoms with Crippen LogP contribution in [-0.2, 0) is 0 Å². The number of hydrogen-bond donors (Lipinski definition) is 0. The van der Waals surface area contributed by atoms with E-state index in [0.29, 0.717) is 11.2 Å². The lowest BCUT2D eigenvalue weighted by molar-refractivity contribution is 0.482. The van der Waals surface area contributed by atoms with E-state index in [-0.39, 0.29) is 0 Å². The standard InChI is InChI=1S/C19H20ClN5/c1-24(18-12-14-6-2-3-8-16(14)19(20)22-18)15-7-5-11-25(13-15)17-9-4-10-21-23-17/h2-4,6,8-10,12,15H,5,7,11,13H2,1H3. The van der Waals surface area contributed by atoms with E-state index in [1.165, 1.54) is 0 Å². The zero-order valence-electron chi connectivity index (χ0n) is 14.1. The van der Waals surface area contributed by atoms with Gasteiger partial charge < -0.3 is 9.80 Å². The molecule has 1 aromatic carbocycles. The van der Waals surface area contributed by atoms with Crippen LogP contribution in [0.2, 0.25) is 5.15 Å². The number of hydrogen-bond acceptors (Lipinski definition) is 5. The first kappa shape index (κ1) is 16.1. The minimum Gasteiger partial charge on any atom is -0.355 e. The Morgan fingerprint density at radius 2 is 2.08 bits per heavy atom. The van der Waals surface area contributed by atoms with Crippen LogP contribution in [0.1, 0.15) is 12.8 Å². The number of rotatable bonds is 3. The van der Waals surface area contributed by atoms with Crippen molar-refractivity contribution in [1.82, 2.24) is 15.2 Å². The number of aromatic nitrogens is 3. The normalized spacial score (nSPS) is 17.7. The summed E-state index contributed by atoms with van der Waals surface area (Å²) in [7, 11) is 2.10. The zero-order valence-corrected chi connectivity index (χ0v) is 14.9. The summed E-state index contributed by atoms with van der Waals surface area (Å²) in [5.74, 6) is 1.85. The van der Waals surface area contributed by atoms with Gasteiger partial charge in [-0.15, -0.1) is 5.10 Å². The molecule has 3 heterocycles. The van der Waals surface area contributed by atoms with Gasteiger partial charge in [-0.05, 0) is 36.4 Å². The molecule has 3 aromatic rings. The molecule has 1 unspecified atom stereocenters. The molecule has 6 heteroatoms. The topological polar surface area (TPSA) is 45.2 Å². The number of nitrogens with zero attached hydrogens (tertiary/aromatic N) is 5. The molecule has 25 heavy (non-hydrogen) atoms. The highest BCUT2D eigenvalue weighted by Gasteiger charge is 2.25. The predicted molar refractivity (Wildman–Crippen MR) is 102 cm³/mol. The van der Waals surface area contributed by atoms with Gasteiger partial charge in [-0.2, -0.15) is 5.10 Å². The Balaban J connectivity index is 1.59. The first-order valence-corrected chi connectivity index (χ1v) is 8.91. The van der Waals surface area contributed by atoms with Gasteiger partial charge >= 0.3 is 0 Å². The molecule has 0 radical (unpaired) electrons. The second kappa shape index (κ2) is 6.84. The van der Waals surface area contributed by atoms with E-state index >= 15 is 0 Å². The third kappa shape index (κ3) is 3.24. The van der Waals surface area contributed by atoms with E-state index in [9.17, 15) is 0 Å². The van der Waals surface area contributed by atoms with Crippen molar-refractivity contribution in [1.29, 1.82) is 0 Å². The Hall–Kier alpha value is -2.40. The third-order valence-electron chi connectivity index (χ3n) is 4.87. The maximum Gasteiger partial charge on any atom is 0.151 e. The first-order chi connectivity index (χ1) is 12.2. The molecule has 0 spiro atoms. The Labute approximate surface area is 152 Å². The van der Waals surface area contributed by atoms with Crippen LogP contribution >= 0.6 is 11.6 Å². The molecule has 4 rings (SSSR count). The van der Waals surface area contributed by atoms with Crippen molar-refractivity contribution in [2.75, 3.05) is 29.9 Å². The maximum atomic E-state index is 6.40. The Kier molecular flexibility index (Phi) is 4.40. The van der Waals surface area contributed by atoms with Gasteiger partial charge in [0.15, 0.2) is 5.82 Å². The summed E-state index contributed by atoms with van der Waals surface area (Å²) >= 11 is 6.40. The molecule has 1 saturated heterocycles. The molecule has 1 aliphatic rings.